The third-order valence-electron chi connectivity index (χ3n) is 4.63. The first kappa shape index (κ1) is 23.4. The number of hydrogen-bond donors (Lipinski definition) is 3. The zero-order valence-electron chi connectivity index (χ0n) is 19.4. The van der Waals surface area contributed by atoms with Gasteiger partial charge in [-0.3, -0.25) is 14.2 Å². The minimum Gasteiger partial charge on any atom is -0.492 e. The first-order chi connectivity index (χ1) is 14.7. The van der Waals surface area contributed by atoms with Gasteiger partial charge in [0.15, 0.2) is 17.0 Å². The van der Waals surface area contributed by atoms with Crippen molar-refractivity contribution in [3.05, 3.63) is 27.6 Å². The fourth-order valence-electron chi connectivity index (χ4n) is 3.23. The molecule has 0 bridgehead atoms. The highest BCUT2D eigenvalue weighted by Gasteiger charge is 2.31. The van der Waals surface area contributed by atoms with E-state index in [4.69, 9.17) is 10.5 Å². The lowest BCUT2D eigenvalue weighted by Crippen LogP contribution is -2.37. The molecule has 0 radical (unpaired) electrons. The Kier molecular flexibility index (Phi) is 5.84. The van der Waals surface area contributed by atoms with Crippen LogP contribution in [-0.2, 0) is 16.1 Å². The number of rotatable bonds is 5. The van der Waals surface area contributed by atoms with E-state index in [1.54, 1.807) is 20.8 Å². The number of amides is 1. The molecular formula is C22H31N5O5. The topological polar surface area (TPSA) is 141 Å². The molecule has 0 unspecified atom stereocenters. The van der Waals surface area contributed by atoms with Crippen molar-refractivity contribution in [3.8, 4) is 5.88 Å². The highest BCUT2D eigenvalue weighted by molar-refractivity contribution is 5.97. The van der Waals surface area contributed by atoms with Gasteiger partial charge < -0.3 is 20.9 Å². The summed E-state index contributed by atoms with van der Waals surface area (Å²) >= 11 is 0. The molecule has 1 aliphatic carbocycles. The summed E-state index contributed by atoms with van der Waals surface area (Å²) in [6, 6.07) is 0.00285. The molecule has 0 atom stereocenters. The Balaban J connectivity index is 2.20. The molecule has 1 aliphatic rings. The highest BCUT2D eigenvalue weighted by atomic mass is 16.6. The van der Waals surface area contributed by atoms with Crippen LogP contribution in [0, 0.1) is 5.41 Å². The van der Waals surface area contributed by atoms with Gasteiger partial charge >= 0.3 is 5.97 Å². The van der Waals surface area contributed by atoms with E-state index in [9.17, 15) is 19.5 Å². The van der Waals surface area contributed by atoms with Crippen LogP contribution in [0.4, 0.5) is 5.82 Å². The number of nitrogens with two attached hydrogens (primary N) is 1. The lowest BCUT2D eigenvalue weighted by Gasteiger charge is -2.22. The number of carbonyl (C=O) groups excluding carboxylic acids is 2. The largest absolute Gasteiger partial charge is 0.492 e. The lowest BCUT2D eigenvalue weighted by molar-refractivity contribution is -0.148. The molecule has 10 heteroatoms. The number of nitrogens with zero attached hydrogens (tertiary/aromatic N) is 3. The number of carbonyl (C=O) groups is 2. The van der Waals surface area contributed by atoms with Crippen molar-refractivity contribution in [1.29, 1.82) is 0 Å². The predicted octanol–water partition coefficient (Wildman–Crippen LogP) is 2.08. The number of ether oxygens (including phenoxy) is 1. The second kappa shape index (κ2) is 7.99. The maximum atomic E-state index is 13.4. The van der Waals surface area contributed by atoms with Gasteiger partial charge in [0.05, 0.1) is 5.56 Å². The van der Waals surface area contributed by atoms with Gasteiger partial charge in [0.25, 0.3) is 11.5 Å². The fraction of sp³-hybridized carbons (Fsp3) is 0.545. The number of fused-ring (bicyclic) bond motifs is 1. The van der Waals surface area contributed by atoms with Crippen LogP contribution in [0.1, 0.15) is 70.3 Å². The zero-order valence-corrected chi connectivity index (χ0v) is 19.4. The number of aromatic hydroxyl groups is 1. The van der Waals surface area contributed by atoms with Crippen LogP contribution in [-0.4, -0.2) is 42.8 Å². The quantitative estimate of drug-likeness (QED) is 0.472. The van der Waals surface area contributed by atoms with Gasteiger partial charge in [0.2, 0.25) is 5.88 Å². The number of anilines is 1. The number of aromatic nitrogens is 3. The Hall–Kier alpha value is -3.30. The molecule has 10 nitrogen and oxygen atoms in total. The maximum absolute atomic E-state index is 13.4. The minimum atomic E-state index is -0.676. The summed E-state index contributed by atoms with van der Waals surface area (Å²) in [6.07, 6.45) is 4.25. The van der Waals surface area contributed by atoms with Gasteiger partial charge in [0, 0.05) is 18.7 Å². The maximum Gasteiger partial charge on any atom is 0.331 e. The smallest absolute Gasteiger partial charge is 0.331 e. The Bertz CT molecular complexity index is 1160. The molecule has 4 N–H and O–H groups in total. The summed E-state index contributed by atoms with van der Waals surface area (Å²) in [5.74, 6) is -1.86. The van der Waals surface area contributed by atoms with Crippen molar-refractivity contribution in [2.24, 2.45) is 5.41 Å². The molecule has 0 saturated heterocycles. The van der Waals surface area contributed by atoms with E-state index in [2.05, 4.69) is 10.4 Å². The van der Waals surface area contributed by atoms with E-state index in [1.807, 2.05) is 20.8 Å². The summed E-state index contributed by atoms with van der Waals surface area (Å²) in [6.45, 7) is 11.3. The van der Waals surface area contributed by atoms with Crippen LogP contribution in [0.5, 0.6) is 5.88 Å². The Morgan fingerprint density at radius 2 is 1.88 bits per heavy atom. The summed E-state index contributed by atoms with van der Waals surface area (Å²) in [4.78, 5) is 38.2. The third kappa shape index (κ3) is 5.12. The fourth-order valence-corrected chi connectivity index (χ4v) is 3.23. The van der Waals surface area contributed by atoms with Gasteiger partial charge in [-0.25, -0.2) is 4.79 Å². The first-order valence-corrected chi connectivity index (χ1v) is 10.5. The van der Waals surface area contributed by atoms with Crippen molar-refractivity contribution >= 4 is 29.4 Å². The van der Waals surface area contributed by atoms with Crippen LogP contribution in [0.3, 0.4) is 0 Å². The van der Waals surface area contributed by atoms with Crippen LogP contribution < -0.4 is 16.6 Å². The second-order valence-electron chi connectivity index (χ2n) is 10.3. The molecule has 174 valence electrons. The zero-order chi connectivity index (χ0) is 24.0. The SMILES string of the molecule is CC(C)(C)Cn1c(=O)c(C(=O)NC2CC2)c(O)n2nc(N)c(/C=C/C(=O)OC(C)(C)C)c12. The number of nitrogens with one attached hydrogen (secondary N) is 1. The van der Waals surface area contributed by atoms with E-state index in [-0.39, 0.29) is 40.6 Å². The lowest BCUT2D eigenvalue weighted by atomic mass is 9.96. The number of esters is 1. The molecule has 32 heavy (non-hydrogen) atoms. The molecule has 2 aromatic heterocycles. The van der Waals surface area contributed by atoms with Gasteiger partial charge in [-0.15, -0.1) is 5.10 Å². The van der Waals surface area contributed by atoms with Crippen LogP contribution in [0.25, 0.3) is 11.7 Å². The van der Waals surface area contributed by atoms with E-state index in [0.717, 1.165) is 17.4 Å². The molecule has 0 aliphatic heterocycles. The highest BCUT2D eigenvalue weighted by Crippen LogP contribution is 2.28. The molecule has 2 aromatic rings. The standard InChI is InChI=1S/C22H31N5O5/c1-21(2,3)11-26-18-13(9-10-14(28)32-22(4,5)6)16(23)25-27(18)20(31)15(19(26)30)17(29)24-12-7-8-12/h9-10,12,31H,7-8,11H2,1-6H3,(H2,23,25)(H,24,29)/b10-9+. The Labute approximate surface area is 186 Å². The van der Waals surface area contributed by atoms with E-state index in [0.29, 0.717) is 0 Å². The van der Waals surface area contributed by atoms with Crippen molar-refractivity contribution in [2.45, 2.75) is 72.6 Å². The Morgan fingerprint density at radius 3 is 2.41 bits per heavy atom. The van der Waals surface area contributed by atoms with Crippen LogP contribution in [0.15, 0.2) is 10.9 Å². The van der Waals surface area contributed by atoms with Gasteiger partial charge in [-0.1, -0.05) is 20.8 Å². The van der Waals surface area contributed by atoms with E-state index < -0.39 is 28.9 Å². The molecule has 1 fully saturated rings. The molecule has 1 saturated carbocycles. The first-order valence-electron chi connectivity index (χ1n) is 10.5. The summed E-state index contributed by atoms with van der Waals surface area (Å²) in [5.41, 5.74) is 4.45. The van der Waals surface area contributed by atoms with E-state index in [1.165, 1.54) is 16.7 Å². The molecule has 0 aromatic carbocycles. The van der Waals surface area contributed by atoms with Gasteiger partial charge in [0.1, 0.15) is 5.60 Å². The van der Waals surface area contributed by atoms with E-state index >= 15 is 0 Å². The van der Waals surface area contributed by atoms with Gasteiger partial charge in [-0.05, 0) is 45.1 Å². The molecule has 3 rings (SSSR count). The average Bonchev–Trinajstić information content (AvgIpc) is 3.35. The Morgan fingerprint density at radius 1 is 1.25 bits per heavy atom. The van der Waals surface area contributed by atoms with Crippen molar-refractivity contribution in [3.63, 3.8) is 0 Å². The minimum absolute atomic E-state index is 0.00285. The summed E-state index contributed by atoms with van der Waals surface area (Å²) in [7, 11) is 0. The van der Waals surface area contributed by atoms with Crippen molar-refractivity contribution in [2.75, 3.05) is 5.73 Å². The predicted molar refractivity (Wildman–Crippen MR) is 120 cm³/mol. The molecule has 0 spiro atoms. The normalized spacial score (nSPS) is 14.8. The van der Waals surface area contributed by atoms with Crippen molar-refractivity contribution in [1.82, 2.24) is 19.5 Å². The average molecular weight is 446 g/mol. The second-order valence-corrected chi connectivity index (χ2v) is 10.3. The molecule has 2 heterocycles. The van der Waals surface area contributed by atoms with Crippen LogP contribution in [0.2, 0.25) is 0 Å². The monoisotopic (exact) mass is 445 g/mol. The van der Waals surface area contributed by atoms with Crippen LogP contribution >= 0.6 is 0 Å². The number of nitrogen functional groups attached to an aromatic ring is 1. The van der Waals surface area contributed by atoms with Gasteiger partial charge in [-0.2, -0.15) is 4.52 Å². The summed E-state index contributed by atoms with van der Waals surface area (Å²) in [5, 5.41) is 17.6. The summed E-state index contributed by atoms with van der Waals surface area (Å²) < 4.78 is 7.70. The number of hydrogen-bond acceptors (Lipinski definition) is 7. The molecular weight excluding hydrogens is 414 g/mol. The molecule has 1 amide bonds. The third-order valence-corrected chi connectivity index (χ3v) is 4.63. The van der Waals surface area contributed by atoms with Crippen molar-refractivity contribution < 1.29 is 19.4 Å².